The molecule has 0 saturated carbocycles. The van der Waals surface area contributed by atoms with Crippen LogP contribution in [0.2, 0.25) is 0 Å². The first-order chi connectivity index (χ1) is 15.3. The highest BCUT2D eigenvalue weighted by molar-refractivity contribution is 7.89. The summed E-state index contributed by atoms with van der Waals surface area (Å²) in [4.78, 5) is 29.1. The molecule has 3 heterocycles. The van der Waals surface area contributed by atoms with Gasteiger partial charge in [-0.1, -0.05) is 24.3 Å². The standard InChI is InChI=1S/C22H26N4O4S2/c1-3-11-26-18-7-6-17(14-19(18)31-22(26)28)32(29,30)25-12-8-16(9-13-25)21(27)24-20-15(2)5-4-10-23-20/h4-7,10,14,16H,3,8-9,11-13H2,1-2H3,(H,23,24,27). The number of sulfonamides is 1. The lowest BCUT2D eigenvalue weighted by molar-refractivity contribution is -0.120. The zero-order valence-electron chi connectivity index (χ0n) is 18.1. The molecule has 32 heavy (non-hydrogen) atoms. The molecule has 1 N–H and O–H groups in total. The number of amides is 1. The van der Waals surface area contributed by atoms with E-state index < -0.39 is 10.0 Å². The van der Waals surface area contributed by atoms with Crippen molar-refractivity contribution in [3.05, 3.63) is 51.8 Å². The van der Waals surface area contributed by atoms with E-state index in [0.29, 0.717) is 29.9 Å². The number of aryl methyl sites for hydroxylation is 2. The lowest BCUT2D eigenvalue weighted by Gasteiger charge is -2.30. The first kappa shape index (κ1) is 22.6. The van der Waals surface area contributed by atoms with Crippen molar-refractivity contribution in [1.82, 2.24) is 13.9 Å². The quantitative estimate of drug-likeness (QED) is 0.591. The normalized spacial score (nSPS) is 15.8. The molecule has 8 nitrogen and oxygen atoms in total. The Morgan fingerprint density at radius 2 is 2.00 bits per heavy atom. The fourth-order valence-electron chi connectivity index (χ4n) is 3.99. The van der Waals surface area contributed by atoms with Gasteiger partial charge in [0, 0.05) is 31.7 Å². The lowest BCUT2D eigenvalue weighted by Crippen LogP contribution is -2.41. The van der Waals surface area contributed by atoms with Crippen LogP contribution in [-0.2, 0) is 21.4 Å². The van der Waals surface area contributed by atoms with Crippen molar-refractivity contribution < 1.29 is 13.2 Å². The van der Waals surface area contributed by atoms with Crippen LogP contribution in [0.4, 0.5) is 5.82 Å². The predicted molar refractivity (Wildman–Crippen MR) is 125 cm³/mol. The first-order valence-corrected chi connectivity index (χ1v) is 12.9. The van der Waals surface area contributed by atoms with Crippen molar-refractivity contribution in [2.24, 2.45) is 5.92 Å². The number of fused-ring (bicyclic) bond motifs is 1. The average Bonchev–Trinajstić information content (AvgIpc) is 3.10. The third-order valence-corrected chi connectivity index (χ3v) is 8.64. The molecule has 1 aliphatic heterocycles. The van der Waals surface area contributed by atoms with Gasteiger partial charge in [0.25, 0.3) is 0 Å². The Labute approximate surface area is 190 Å². The summed E-state index contributed by atoms with van der Waals surface area (Å²) in [6, 6.07) is 8.56. The molecule has 1 aliphatic rings. The van der Waals surface area contributed by atoms with Gasteiger partial charge in [-0.2, -0.15) is 4.31 Å². The summed E-state index contributed by atoms with van der Waals surface area (Å²) in [5.41, 5.74) is 1.65. The van der Waals surface area contributed by atoms with Crippen molar-refractivity contribution in [3.63, 3.8) is 0 Å². The number of hydrogen-bond acceptors (Lipinski definition) is 6. The third kappa shape index (κ3) is 4.35. The van der Waals surface area contributed by atoms with Crippen molar-refractivity contribution in [2.75, 3.05) is 18.4 Å². The van der Waals surface area contributed by atoms with Crippen molar-refractivity contribution in [1.29, 1.82) is 0 Å². The second kappa shape index (κ2) is 9.13. The SMILES string of the molecule is CCCn1c(=O)sc2cc(S(=O)(=O)N3CCC(C(=O)Nc4ncccc4C)CC3)ccc21. The Morgan fingerprint density at radius 3 is 2.69 bits per heavy atom. The van der Waals surface area contributed by atoms with Crippen molar-refractivity contribution >= 4 is 43.3 Å². The number of thiazole rings is 1. The zero-order chi connectivity index (χ0) is 22.9. The van der Waals surface area contributed by atoms with E-state index >= 15 is 0 Å². The van der Waals surface area contributed by atoms with Crippen LogP contribution in [0.25, 0.3) is 10.2 Å². The van der Waals surface area contributed by atoms with Crippen molar-refractivity contribution in [2.45, 2.75) is 44.6 Å². The molecule has 1 fully saturated rings. The second-order valence-electron chi connectivity index (χ2n) is 7.99. The van der Waals surface area contributed by atoms with Crippen LogP contribution < -0.4 is 10.2 Å². The van der Waals surface area contributed by atoms with Crippen molar-refractivity contribution in [3.8, 4) is 0 Å². The predicted octanol–water partition coefficient (Wildman–Crippen LogP) is 3.22. The number of hydrogen-bond donors (Lipinski definition) is 1. The van der Waals surface area contributed by atoms with Crippen LogP contribution in [0.15, 0.2) is 46.2 Å². The van der Waals surface area contributed by atoms with Gasteiger partial charge in [0.2, 0.25) is 15.9 Å². The smallest absolute Gasteiger partial charge is 0.308 e. The molecular weight excluding hydrogens is 448 g/mol. The number of carbonyl (C=O) groups is 1. The maximum atomic E-state index is 13.2. The van der Waals surface area contributed by atoms with Gasteiger partial charge in [0.05, 0.1) is 15.1 Å². The topological polar surface area (TPSA) is 101 Å². The van der Waals surface area contributed by atoms with Crippen LogP contribution in [0.3, 0.4) is 0 Å². The number of rotatable bonds is 6. The molecule has 1 aromatic carbocycles. The molecule has 2 aromatic heterocycles. The van der Waals surface area contributed by atoms with E-state index in [2.05, 4.69) is 10.3 Å². The fourth-order valence-corrected chi connectivity index (χ4v) is 6.51. The molecule has 3 aromatic rings. The Balaban J connectivity index is 1.46. The molecule has 0 bridgehead atoms. The largest absolute Gasteiger partial charge is 0.310 e. The molecule has 4 rings (SSSR count). The van der Waals surface area contributed by atoms with Gasteiger partial charge in [0.15, 0.2) is 0 Å². The van der Waals surface area contributed by atoms with E-state index in [-0.39, 0.29) is 34.7 Å². The molecule has 0 unspecified atom stereocenters. The molecular formula is C22H26N4O4S2. The number of nitrogens with one attached hydrogen (secondary N) is 1. The number of piperidine rings is 1. The average molecular weight is 475 g/mol. The maximum absolute atomic E-state index is 13.2. The lowest BCUT2D eigenvalue weighted by atomic mass is 9.97. The van der Waals surface area contributed by atoms with Crippen LogP contribution in [0.1, 0.15) is 31.7 Å². The van der Waals surface area contributed by atoms with E-state index in [1.165, 1.54) is 4.31 Å². The molecule has 1 saturated heterocycles. The van der Waals surface area contributed by atoms with Gasteiger partial charge in [0.1, 0.15) is 5.82 Å². The van der Waals surface area contributed by atoms with E-state index in [9.17, 15) is 18.0 Å². The molecule has 0 atom stereocenters. The van der Waals surface area contributed by atoms with Crippen LogP contribution in [0.5, 0.6) is 0 Å². The summed E-state index contributed by atoms with van der Waals surface area (Å²) >= 11 is 1.07. The van der Waals surface area contributed by atoms with Crippen LogP contribution in [0, 0.1) is 12.8 Å². The Morgan fingerprint density at radius 1 is 1.25 bits per heavy atom. The van der Waals surface area contributed by atoms with E-state index in [1.54, 1.807) is 29.0 Å². The Bertz CT molecular complexity index is 1300. The highest BCUT2D eigenvalue weighted by Gasteiger charge is 2.32. The Hall–Kier alpha value is -2.56. The van der Waals surface area contributed by atoms with Gasteiger partial charge in [-0.3, -0.25) is 14.2 Å². The molecule has 10 heteroatoms. The summed E-state index contributed by atoms with van der Waals surface area (Å²) in [5.74, 6) is 0.140. The third-order valence-electron chi connectivity index (χ3n) is 5.80. The van der Waals surface area contributed by atoms with Gasteiger partial charge in [-0.15, -0.1) is 0 Å². The molecule has 0 spiro atoms. The number of anilines is 1. The number of pyridine rings is 1. The minimum Gasteiger partial charge on any atom is -0.310 e. The number of nitrogens with zero attached hydrogens (tertiary/aromatic N) is 3. The zero-order valence-corrected chi connectivity index (χ0v) is 19.7. The van der Waals surface area contributed by atoms with Gasteiger partial charge in [-0.05, 0) is 56.0 Å². The molecule has 0 aliphatic carbocycles. The maximum Gasteiger partial charge on any atom is 0.308 e. The van der Waals surface area contributed by atoms with Crippen LogP contribution in [-0.4, -0.2) is 41.3 Å². The summed E-state index contributed by atoms with van der Waals surface area (Å²) in [7, 11) is -3.70. The van der Waals surface area contributed by atoms with Gasteiger partial charge in [-0.25, -0.2) is 13.4 Å². The van der Waals surface area contributed by atoms with Crippen LogP contribution >= 0.6 is 11.3 Å². The summed E-state index contributed by atoms with van der Waals surface area (Å²) < 4.78 is 30.2. The summed E-state index contributed by atoms with van der Waals surface area (Å²) in [6.07, 6.45) is 3.34. The summed E-state index contributed by atoms with van der Waals surface area (Å²) in [6.45, 7) is 5.02. The van der Waals surface area contributed by atoms with E-state index in [0.717, 1.165) is 28.8 Å². The fraction of sp³-hybridized carbons (Fsp3) is 0.409. The van der Waals surface area contributed by atoms with E-state index in [4.69, 9.17) is 0 Å². The summed E-state index contributed by atoms with van der Waals surface area (Å²) in [5, 5.41) is 2.85. The number of aromatic nitrogens is 2. The monoisotopic (exact) mass is 474 g/mol. The van der Waals surface area contributed by atoms with Gasteiger partial charge < -0.3 is 5.32 Å². The van der Waals surface area contributed by atoms with E-state index in [1.807, 2.05) is 26.0 Å². The molecule has 0 radical (unpaired) electrons. The minimum atomic E-state index is -3.70. The van der Waals surface area contributed by atoms with Gasteiger partial charge >= 0.3 is 4.87 Å². The Kier molecular flexibility index (Phi) is 6.45. The number of benzene rings is 1. The highest BCUT2D eigenvalue weighted by Crippen LogP contribution is 2.28. The number of carbonyl (C=O) groups excluding carboxylic acids is 1. The second-order valence-corrected chi connectivity index (χ2v) is 10.9. The highest BCUT2D eigenvalue weighted by atomic mass is 32.2. The first-order valence-electron chi connectivity index (χ1n) is 10.7. The molecule has 1 amide bonds. The minimum absolute atomic E-state index is 0.0774. The molecule has 170 valence electrons.